The molecule has 1 atom stereocenters. The third-order valence-corrected chi connectivity index (χ3v) is 5.51. The van der Waals surface area contributed by atoms with E-state index in [1.165, 1.54) is 5.56 Å². The molecule has 0 bridgehead atoms. The quantitative estimate of drug-likeness (QED) is 0.386. The molecule has 2 aromatic rings. The summed E-state index contributed by atoms with van der Waals surface area (Å²) in [5, 5.41) is 16.3. The van der Waals surface area contributed by atoms with E-state index in [2.05, 4.69) is 22.8 Å². The molecule has 1 unspecified atom stereocenters. The Morgan fingerprint density at radius 1 is 1.17 bits per heavy atom. The Morgan fingerprint density at radius 3 is 2.60 bits per heavy atom. The summed E-state index contributed by atoms with van der Waals surface area (Å²) >= 11 is 0. The van der Waals surface area contributed by atoms with Gasteiger partial charge in [0.25, 0.3) is 0 Å². The second-order valence-corrected chi connectivity index (χ2v) is 7.72. The number of aliphatic hydroxyl groups is 1. The summed E-state index contributed by atoms with van der Waals surface area (Å²) in [5.41, 5.74) is 1.17. The first-order valence-electron chi connectivity index (χ1n) is 10.6. The van der Waals surface area contributed by atoms with Crippen LogP contribution in [-0.2, 0) is 17.6 Å². The second-order valence-electron chi connectivity index (χ2n) is 7.72. The maximum Gasteiger partial charge on any atom is 0.191 e. The number of rotatable bonds is 11. The maximum atomic E-state index is 9.45. The zero-order chi connectivity index (χ0) is 21.1. The molecule has 1 aliphatic rings. The molecular formula is C23H33N3O4. The molecular weight excluding hydrogens is 382 g/mol. The summed E-state index contributed by atoms with van der Waals surface area (Å²) in [4.78, 5) is 4.83. The van der Waals surface area contributed by atoms with Crippen LogP contribution in [0.1, 0.15) is 24.2 Å². The highest BCUT2D eigenvalue weighted by molar-refractivity contribution is 5.79. The van der Waals surface area contributed by atoms with Gasteiger partial charge < -0.3 is 29.6 Å². The van der Waals surface area contributed by atoms with Crippen molar-refractivity contribution in [2.24, 2.45) is 10.4 Å². The van der Waals surface area contributed by atoms with Gasteiger partial charge in [0.2, 0.25) is 0 Å². The van der Waals surface area contributed by atoms with Gasteiger partial charge in [-0.25, -0.2) is 0 Å². The van der Waals surface area contributed by atoms with Crippen molar-refractivity contribution in [3.8, 4) is 5.75 Å². The van der Waals surface area contributed by atoms with Crippen molar-refractivity contribution < 1.29 is 19.0 Å². The molecule has 7 heteroatoms. The normalized spacial score (nSPS) is 19.1. The van der Waals surface area contributed by atoms with E-state index in [1.54, 1.807) is 13.4 Å². The molecule has 2 heterocycles. The topological polar surface area (TPSA) is 88.2 Å². The van der Waals surface area contributed by atoms with Gasteiger partial charge in [0.05, 0.1) is 26.5 Å². The van der Waals surface area contributed by atoms with E-state index >= 15 is 0 Å². The monoisotopic (exact) mass is 415 g/mol. The first-order chi connectivity index (χ1) is 14.7. The number of aliphatic hydroxyl groups excluding tert-OH is 1. The van der Waals surface area contributed by atoms with Crippen LogP contribution in [0, 0.1) is 5.41 Å². The fraction of sp³-hybridized carbons (Fsp3) is 0.522. The van der Waals surface area contributed by atoms with E-state index in [-0.39, 0.29) is 12.0 Å². The molecule has 1 fully saturated rings. The average Bonchev–Trinajstić information content (AvgIpc) is 3.45. The van der Waals surface area contributed by atoms with Gasteiger partial charge in [0.15, 0.2) is 5.96 Å². The number of furan rings is 1. The highest BCUT2D eigenvalue weighted by Gasteiger charge is 2.34. The molecule has 3 rings (SSSR count). The number of aliphatic imine (C=N–C) groups is 1. The predicted octanol–water partition coefficient (Wildman–Crippen LogP) is 2.40. The zero-order valence-corrected chi connectivity index (χ0v) is 17.7. The van der Waals surface area contributed by atoms with Crippen molar-refractivity contribution in [2.75, 3.05) is 46.6 Å². The second kappa shape index (κ2) is 11.6. The standard InChI is InChI=1S/C23H33N3O4/c1-28-20-6-4-19(5-7-20)8-12-24-22(25-13-9-21-3-2-15-30-21)26-17-23(10-14-27)11-16-29-18-23/h2-7,15,27H,8-14,16-18H2,1H3,(H2,24,25,26). The number of hydrogen-bond acceptors (Lipinski definition) is 5. The Balaban J connectivity index is 1.55. The Hall–Kier alpha value is -2.51. The van der Waals surface area contributed by atoms with E-state index in [0.717, 1.165) is 56.4 Å². The fourth-order valence-corrected chi connectivity index (χ4v) is 3.59. The molecule has 0 aliphatic carbocycles. The van der Waals surface area contributed by atoms with Crippen LogP contribution in [-0.4, -0.2) is 57.6 Å². The lowest BCUT2D eigenvalue weighted by Gasteiger charge is -2.25. The van der Waals surface area contributed by atoms with Crippen LogP contribution < -0.4 is 15.4 Å². The molecule has 30 heavy (non-hydrogen) atoms. The lowest BCUT2D eigenvalue weighted by Crippen LogP contribution is -2.40. The van der Waals surface area contributed by atoms with Crippen LogP contribution in [0.15, 0.2) is 52.1 Å². The molecule has 1 aromatic carbocycles. The van der Waals surface area contributed by atoms with E-state index in [4.69, 9.17) is 18.9 Å². The van der Waals surface area contributed by atoms with Gasteiger partial charge in [-0.15, -0.1) is 0 Å². The molecule has 3 N–H and O–H groups in total. The van der Waals surface area contributed by atoms with Gasteiger partial charge >= 0.3 is 0 Å². The minimum absolute atomic E-state index is 0.0691. The Kier molecular flexibility index (Phi) is 8.59. The fourth-order valence-electron chi connectivity index (χ4n) is 3.59. The number of nitrogens with zero attached hydrogens (tertiary/aromatic N) is 1. The summed E-state index contributed by atoms with van der Waals surface area (Å²) < 4.78 is 16.2. The van der Waals surface area contributed by atoms with Crippen molar-refractivity contribution in [1.29, 1.82) is 0 Å². The van der Waals surface area contributed by atoms with Crippen molar-refractivity contribution in [2.45, 2.75) is 25.7 Å². The SMILES string of the molecule is COc1ccc(CCNC(=NCC2(CCO)CCOC2)NCCc2ccco2)cc1. The molecule has 164 valence electrons. The van der Waals surface area contributed by atoms with E-state index in [9.17, 15) is 5.11 Å². The summed E-state index contributed by atoms with van der Waals surface area (Å²) in [6, 6.07) is 12.0. The van der Waals surface area contributed by atoms with Crippen LogP contribution in [0.3, 0.4) is 0 Å². The summed E-state index contributed by atoms with van der Waals surface area (Å²) in [5.74, 6) is 2.59. The minimum Gasteiger partial charge on any atom is -0.497 e. The molecule has 1 aliphatic heterocycles. The Morgan fingerprint density at radius 2 is 1.97 bits per heavy atom. The van der Waals surface area contributed by atoms with Gasteiger partial charge in [0, 0.05) is 38.1 Å². The molecule has 0 spiro atoms. The number of methoxy groups -OCH3 is 1. The predicted molar refractivity (Wildman–Crippen MR) is 117 cm³/mol. The van der Waals surface area contributed by atoms with Crippen LogP contribution >= 0.6 is 0 Å². The van der Waals surface area contributed by atoms with Crippen LogP contribution in [0.2, 0.25) is 0 Å². The van der Waals surface area contributed by atoms with Crippen molar-refractivity contribution in [3.05, 3.63) is 54.0 Å². The van der Waals surface area contributed by atoms with Gasteiger partial charge in [0.1, 0.15) is 11.5 Å². The first kappa shape index (κ1) is 22.2. The largest absolute Gasteiger partial charge is 0.497 e. The Labute approximate surface area is 178 Å². The van der Waals surface area contributed by atoms with Crippen LogP contribution in [0.4, 0.5) is 0 Å². The lowest BCUT2D eigenvalue weighted by atomic mass is 9.84. The molecule has 7 nitrogen and oxygen atoms in total. The number of benzene rings is 1. The average molecular weight is 416 g/mol. The highest BCUT2D eigenvalue weighted by Crippen LogP contribution is 2.32. The molecule has 0 radical (unpaired) electrons. The minimum atomic E-state index is -0.0691. The maximum absolute atomic E-state index is 9.45. The van der Waals surface area contributed by atoms with Crippen molar-refractivity contribution >= 4 is 5.96 Å². The van der Waals surface area contributed by atoms with Crippen LogP contribution in [0.25, 0.3) is 0 Å². The third kappa shape index (κ3) is 6.78. The lowest BCUT2D eigenvalue weighted by molar-refractivity contribution is 0.131. The number of nitrogens with one attached hydrogen (secondary N) is 2. The number of guanidine groups is 1. The van der Waals surface area contributed by atoms with Crippen LogP contribution in [0.5, 0.6) is 5.75 Å². The first-order valence-corrected chi connectivity index (χ1v) is 10.6. The van der Waals surface area contributed by atoms with Gasteiger partial charge in [-0.2, -0.15) is 0 Å². The van der Waals surface area contributed by atoms with E-state index < -0.39 is 0 Å². The summed E-state index contributed by atoms with van der Waals surface area (Å²) in [7, 11) is 1.67. The van der Waals surface area contributed by atoms with Gasteiger partial charge in [-0.3, -0.25) is 4.99 Å². The van der Waals surface area contributed by atoms with Gasteiger partial charge in [-0.1, -0.05) is 12.1 Å². The summed E-state index contributed by atoms with van der Waals surface area (Å²) in [6.07, 6.45) is 5.01. The third-order valence-electron chi connectivity index (χ3n) is 5.51. The smallest absolute Gasteiger partial charge is 0.191 e. The molecule has 0 saturated carbocycles. The number of hydrogen-bond donors (Lipinski definition) is 3. The molecule has 1 aromatic heterocycles. The highest BCUT2D eigenvalue weighted by atomic mass is 16.5. The summed E-state index contributed by atoms with van der Waals surface area (Å²) in [6.45, 7) is 3.68. The van der Waals surface area contributed by atoms with E-state index in [1.807, 2.05) is 24.3 Å². The van der Waals surface area contributed by atoms with Crippen molar-refractivity contribution in [3.63, 3.8) is 0 Å². The molecule has 0 amide bonds. The Bertz CT molecular complexity index is 753. The van der Waals surface area contributed by atoms with Gasteiger partial charge in [-0.05, 0) is 49.1 Å². The molecule has 1 saturated heterocycles. The van der Waals surface area contributed by atoms with E-state index in [0.29, 0.717) is 19.6 Å². The number of ether oxygens (including phenoxy) is 2. The van der Waals surface area contributed by atoms with Crippen molar-refractivity contribution in [1.82, 2.24) is 10.6 Å². The zero-order valence-electron chi connectivity index (χ0n) is 17.7.